The van der Waals surface area contributed by atoms with Gasteiger partial charge in [-0.2, -0.15) is 0 Å². The number of thiazole rings is 1. The quantitative estimate of drug-likeness (QED) is 0.484. The van der Waals surface area contributed by atoms with E-state index in [1.807, 2.05) is 6.92 Å². The maximum Gasteiger partial charge on any atom is 0.257 e. The van der Waals surface area contributed by atoms with Crippen LogP contribution in [0.4, 0.5) is 9.52 Å². The first kappa shape index (κ1) is 26.4. The standard InChI is InChI=1S/C27H34FN3O4S/c1-5-11-31(4)22(34)13-18-23-19(14-20-26(18,2)10-9-21(33)27(20,3)15-32)36-25(29-23)30-24(35)16-7-6-8-17(28)12-16/h5-8,12,18,20-21,32-33H,1,9-11,13-15H2,2-4H3,(H,29,30,35)/t18-,20+,21-,26+,27+/m1/s1. The Morgan fingerprint density at radius 1 is 1.39 bits per heavy atom. The second-order valence-corrected chi connectivity index (χ2v) is 11.7. The Balaban J connectivity index is 1.72. The number of fused-ring (bicyclic) bond motifs is 2. The van der Waals surface area contributed by atoms with Crippen molar-refractivity contribution in [1.29, 1.82) is 0 Å². The molecule has 0 saturated heterocycles. The number of carbonyl (C=O) groups excluding carboxylic acids is 2. The molecule has 0 bridgehead atoms. The lowest BCUT2D eigenvalue weighted by Gasteiger charge is -2.58. The van der Waals surface area contributed by atoms with Crippen LogP contribution in [0.1, 0.15) is 60.0 Å². The van der Waals surface area contributed by atoms with Gasteiger partial charge in [-0.3, -0.25) is 14.9 Å². The minimum atomic E-state index is -0.728. The van der Waals surface area contributed by atoms with Gasteiger partial charge in [0.25, 0.3) is 5.91 Å². The summed E-state index contributed by atoms with van der Waals surface area (Å²) < 4.78 is 13.6. The van der Waals surface area contributed by atoms with E-state index in [9.17, 15) is 24.2 Å². The van der Waals surface area contributed by atoms with Crippen LogP contribution in [-0.4, -0.2) is 58.2 Å². The van der Waals surface area contributed by atoms with Crippen LogP contribution in [0.15, 0.2) is 36.9 Å². The van der Waals surface area contributed by atoms with Crippen LogP contribution in [-0.2, 0) is 11.2 Å². The predicted molar refractivity (Wildman–Crippen MR) is 137 cm³/mol. The van der Waals surface area contributed by atoms with Crippen LogP contribution in [0.5, 0.6) is 0 Å². The molecule has 4 rings (SSSR count). The van der Waals surface area contributed by atoms with E-state index in [0.29, 0.717) is 30.9 Å². The van der Waals surface area contributed by atoms with E-state index in [2.05, 4.69) is 18.8 Å². The third-order valence-corrected chi connectivity index (χ3v) is 9.42. The molecule has 0 unspecified atom stereocenters. The number of benzene rings is 1. The first-order valence-electron chi connectivity index (χ1n) is 12.2. The van der Waals surface area contributed by atoms with E-state index in [1.54, 1.807) is 18.0 Å². The summed E-state index contributed by atoms with van der Waals surface area (Å²) in [7, 11) is 1.74. The number of nitrogens with one attached hydrogen (secondary N) is 1. The van der Waals surface area contributed by atoms with E-state index in [0.717, 1.165) is 10.6 Å². The summed E-state index contributed by atoms with van der Waals surface area (Å²) in [5.74, 6) is -1.33. The van der Waals surface area contributed by atoms with Crippen molar-refractivity contribution in [2.45, 2.75) is 51.6 Å². The van der Waals surface area contributed by atoms with Crippen LogP contribution in [0.2, 0.25) is 0 Å². The highest BCUT2D eigenvalue weighted by molar-refractivity contribution is 7.15. The number of amides is 2. The summed E-state index contributed by atoms with van der Waals surface area (Å²) >= 11 is 1.34. The van der Waals surface area contributed by atoms with E-state index >= 15 is 0 Å². The molecule has 1 aromatic carbocycles. The second-order valence-electron chi connectivity index (χ2n) is 10.6. The lowest BCUT2D eigenvalue weighted by molar-refractivity contribution is -0.146. The maximum absolute atomic E-state index is 13.6. The van der Waals surface area contributed by atoms with Gasteiger partial charge in [0.05, 0.1) is 18.4 Å². The molecule has 0 aliphatic heterocycles. The van der Waals surface area contributed by atoms with Gasteiger partial charge in [-0.25, -0.2) is 9.37 Å². The SMILES string of the molecule is C=CCN(C)C(=O)C[C@@H]1c2nc(NC(=O)c3cccc(F)c3)sc2C[C@@H]2[C@](C)(CO)[C@H](O)CC[C@]21C. The molecule has 36 heavy (non-hydrogen) atoms. The van der Waals surface area contributed by atoms with Crippen molar-refractivity contribution in [1.82, 2.24) is 9.88 Å². The van der Waals surface area contributed by atoms with Crippen LogP contribution in [0.3, 0.4) is 0 Å². The molecule has 7 nitrogen and oxygen atoms in total. The van der Waals surface area contributed by atoms with Crippen LogP contribution < -0.4 is 5.32 Å². The fraction of sp³-hybridized carbons (Fsp3) is 0.519. The topological polar surface area (TPSA) is 103 Å². The number of hydrogen-bond acceptors (Lipinski definition) is 6. The monoisotopic (exact) mass is 515 g/mol. The Kier molecular flexibility index (Phi) is 7.37. The summed E-state index contributed by atoms with van der Waals surface area (Å²) in [5.41, 5.74) is -0.136. The minimum Gasteiger partial charge on any atom is -0.396 e. The lowest BCUT2D eigenvalue weighted by Crippen LogP contribution is -2.57. The van der Waals surface area contributed by atoms with Crippen molar-refractivity contribution in [2.24, 2.45) is 16.7 Å². The fourth-order valence-corrected chi connectivity index (χ4v) is 7.19. The summed E-state index contributed by atoms with van der Waals surface area (Å²) in [6, 6.07) is 5.46. The number of rotatable bonds is 7. The van der Waals surface area contributed by atoms with Gasteiger partial charge >= 0.3 is 0 Å². The fourth-order valence-electron chi connectivity index (χ4n) is 6.12. The molecule has 1 aromatic heterocycles. The zero-order chi connectivity index (χ0) is 26.3. The van der Waals surface area contributed by atoms with Crippen LogP contribution >= 0.6 is 11.3 Å². The van der Waals surface area contributed by atoms with Crippen molar-refractivity contribution < 1.29 is 24.2 Å². The largest absolute Gasteiger partial charge is 0.396 e. The molecule has 3 N–H and O–H groups in total. The molecule has 2 aromatic rings. The number of hydrogen-bond donors (Lipinski definition) is 3. The number of likely N-dealkylation sites (N-methyl/N-ethyl adjacent to an activating group) is 1. The third kappa shape index (κ3) is 4.60. The van der Waals surface area contributed by atoms with Crippen molar-refractivity contribution in [2.75, 3.05) is 25.5 Å². The summed E-state index contributed by atoms with van der Waals surface area (Å²) in [6.45, 7) is 8.04. The number of anilines is 1. The lowest BCUT2D eigenvalue weighted by atomic mass is 9.47. The smallest absolute Gasteiger partial charge is 0.257 e. The number of carbonyl (C=O) groups is 2. The van der Waals surface area contributed by atoms with Gasteiger partial charge in [-0.05, 0) is 48.8 Å². The van der Waals surface area contributed by atoms with Gasteiger partial charge in [0, 0.05) is 41.8 Å². The van der Waals surface area contributed by atoms with Crippen LogP contribution in [0, 0.1) is 22.6 Å². The average Bonchev–Trinajstić information content (AvgIpc) is 3.25. The molecule has 2 aliphatic carbocycles. The van der Waals surface area contributed by atoms with Crippen molar-refractivity contribution >= 4 is 28.3 Å². The molecule has 2 amide bonds. The Bertz CT molecular complexity index is 1170. The Hall–Kier alpha value is -2.62. The first-order valence-corrected chi connectivity index (χ1v) is 13.1. The zero-order valence-corrected chi connectivity index (χ0v) is 21.8. The molecule has 9 heteroatoms. The number of aromatic nitrogens is 1. The summed E-state index contributed by atoms with van der Waals surface area (Å²) in [6.07, 6.45) is 3.06. The van der Waals surface area contributed by atoms with Gasteiger partial charge in [-0.1, -0.05) is 26.0 Å². The molecule has 1 heterocycles. The van der Waals surface area contributed by atoms with Crippen molar-refractivity contribution in [3.8, 4) is 0 Å². The predicted octanol–water partition coefficient (Wildman–Crippen LogP) is 3.98. The minimum absolute atomic E-state index is 0.0390. The molecule has 1 saturated carbocycles. The second kappa shape index (κ2) is 10.0. The van der Waals surface area contributed by atoms with Gasteiger partial charge < -0.3 is 15.1 Å². The van der Waals surface area contributed by atoms with Gasteiger partial charge in [0.15, 0.2) is 5.13 Å². The Morgan fingerprint density at radius 2 is 2.14 bits per heavy atom. The van der Waals surface area contributed by atoms with Crippen LogP contribution in [0.25, 0.3) is 0 Å². The summed E-state index contributed by atoms with van der Waals surface area (Å²) in [4.78, 5) is 33.3. The van der Waals surface area contributed by atoms with Crippen molar-refractivity contribution in [3.63, 3.8) is 0 Å². The Morgan fingerprint density at radius 3 is 2.81 bits per heavy atom. The van der Waals surface area contributed by atoms with Gasteiger partial charge in [-0.15, -0.1) is 17.9 Å². The number of aliphatic hydroxyl groups excluding tert-OH is 2. The van der Waals surface area contributed by atoms with E-state index in [4.69, 9.17) is 4.98 Å². The highest BCUT2D eigenvalue weighted by atomic mass is 32.1. The number of nitrogens with zero attached hydrogens (tertiary/aromatic N) is 2. The molecule has 5 atom stereocenters. The number of halogens is 1. The zero-order valence-electron chi connectivity index (χ0n) is 21.0. The average molecular weight is 516 g/mol. The molecule has 0 spiro atoms. The molecular weight excluding hydrogens is 481 g/mol. The molecule has 1 fully saturated rings. The number of aliphatic hydroxyl groups is 2. The third-order valence-electron chi connectivity index (χ3n) is 8.41. The highest BCUT2D eigenvalue weighted by Crippen LogP contribution is 2.62. The van der Waals surface area contributed by atoms with Crippen molar-refractivity contribution in [3.05, 3.63) is 58.9 Å². The van der Waals surface area contributed by atoms with E-state index in [-0.39, 0.29) is 41.7 Å². The normalized spacial score (nSPS) is 29.1. The van der Waals surface area contributed by atoms with E-state index < -0.39 is 23.2 Å². The summed E-state index contributed by atoms with van der Waals surface area (Å²) in [5, 5.41) is 24.4. The molecule has 0 radical (unpaired) electrons. The molecule has 194 valence electrons. The van der Waals surface area contributed by atoms with Gasteiger partial charge in [0.1, 0.15) is 5.82 Å². The molecular formula is C27H34FN3O4S. The highest BCUT2D eigenvalue weighted by Gasteiger charge is 2.59. The Labute approximate surface area is 215 Å². The molecule has 2 aliphatic rings. The van der Waals surface area contributed by atoms with E-state index in [1.165, 1.54) is 35.6 Å². The maximum atomic E-state index is 13.6. The first-order chi connectivity index (χ1) is 17.0. The van der Waals surface area contributed by atoms with Gasteiger partial charge in [0.2, 0.25) is 5.91 Å².